The van der Waals surface area contributed by atoms with Crippen molar-refractivity contribution >= 4 is 52.7 Å². The number of carbonyl (C=O) groups is 3. The fourth-order valence-corrected chi connectivity index (χ4v) is 4.48. The topological polar surface area (TPSA) is 75.3 Å². The van der Waals surface area contributed by atoms with E-state index in [1.54, 1.807) is 66.7 Å². The number of rotatable bonds is 9. The lowest BCUT2D eigenvalue weighted by Crippen LogP contribution is -2.30. The lowest BCUT2D eigenvalue weighted by Gasteiger charge is -2.12. The average molecular weight is 541 g/mol. The molecule has 190 valence electrons. The largest absolute Gasteiger partial charge is 0.321 e. The van der Waals surface area contributed by atoms with Crippen LogP contribution in [0.1, 0.15) is 31.8 Å². The molecule has 0 saturated heterocycles. The lowest BCUT2D eigenvalue weighted by molar-refractivity contribution is -0.113. The van der Waals surface area contributed by atoms with E-state index in [1.807, 2.05) is 49.4 Å². The van der Waals surface area contributed by atoms with Crippen molar-refractivity contribution in [2.75, 3.05) is 11.1 Å². The van der Waals surface area contributed by atoms with Crippen LogP contribution >= 0.6 is 23.4 Å². The Hall–Kier alpha value is -4.13. The van der Waals surface area contributed by atoms with Gasteiger partial charge in [-0.2, -0.15) is 0 Å². The molecular formula is C31H25ClN2O3S. The number of anilines is 1. The van der Waals surface area contributed by atoms with E-state index in [4.69, 9.17) is 11.6 Å². The first-order valence-corrected chi connectivity index (χ1v) is 13.2. The summed E-state index contributed by atoms with van der Waals surface area (Å²) in [4.78, 5) is 39.3. The Labute approximate surface area is 230 Å². The van der Waals surface area contributed by atoms with Crippen LogP contribution in [0.25, 0.3) is 6.08 Å². The van der Waals surface area contributed by atoms with Crippen LogP contribution in [-0.2, 0) is 4.79 Å². The van der Waals surface area contributed by atoms with Gasteiger partial charge in [-0.1, -0.05) is 77.8 Å². The van der Waals surface area contributed by atoms with Crippen molar-refractivity contribution in [1.29, 1.82) is 0 Å². The molecule has 0 aromatic heterocycles. The summed E-state index contributed by atoms with van der Waals surface area (Å²) in [6.07, 6.45) is 1.54. The number of nitrogens with one attached hydrogen (secondary N) is 2. The number of amides is 2. The molecule has 0 saturated carbocycles. The maximum Gasteiger partial charge on any atom is 0.272 e. The zero-order valence-corrected chi connectivity index (χ0v) is 22.2. The van der Waals surface area contributed by atoms with E-state index in [-0.39, 0.29) is 11.5 Å². The second-order valence-electron chi connectivity index (χ2n) is 8.46. The van der Waals surface area contributed by atoms with Gasteiger partial charge < -0.3 is 10.6 Å². The standard InChI is InChI=1S/C31H25ClN2O3S/c1-21-11-13-22(14-12-21)29(35)20-38-26-17-15-25(16-18-26)33-31(37)28(19-24-9-5-6-10-27(24)32)34-30(36)23-7-3-2-4-8-23/h2-19H,20H2,1H3,(H,33,37)(H,34,36)/b28-19-. The van der Waals surface area contributed by atoms with Gasteiger partial charge in [-0.15, -0.1) is 11.8 Å². The van der Waals surface area contributed by atoms with Crippen molar-refractivity contribution < 1.29 is 14.4 Å². The number of carbonyl (C=O) groups excluding carboxylic acids is 3. The Bertz CT molecular complexity index is 1470. The zero-order chi connectivity index (χ0) is 26.9. The number of aryl methyl sites for hydroxylation is 1. The van der Waals surface area contributed by atoms with E-state index in [0.717, 1.165) is 10.5 Å². The van der Waals surface area contributed by atoms with Crippen molar-refractivity contribution in [3.05, 3.63) is 136 Å². The van der Waals surface area contributed by atoms with Gasteiger partial charge in [-0.25, -0.2) is 0 Å². The van der Waals surface area contributed by atoms with Crippen LogP contribution in [0, 0.1) is 6.92 Å². The Morgan fingerprint density at radius 2 is 1.45 bits per heavy atom. The number of hydrogen-bond donors (Lipinski definition) is 2. The van der Waals surface area contributed by atoms with E-state index >= 15 is 0 Å². The lowest BCUT2D eigenvalue weighted by atomic mass is 10.1. The quantitative estimate of drug-likeness (QED) is 0.136. The van der Waals surface area contributed by atoms with Gasteiger partial charge in [0.25, 0.3) is 11.8 Å². The Kier molecular flexibility index (Phi) is 9.14. The SMILES string of the molecule is Cc1ccc(C(=O)CSc2ccc(NC(=O)/C(=C/c3ccccc3Cl)NC(=O)c3ccccc3)cc2)cc1. The molecule has 0 unspecified atom stereocenters. The molecule has 7 heteroatoms. The first-order valence-electron chi connectivity index (χ1n) is 11.9. The van der Waals surface area contributed by atoms with Crippen LogP contribution in [0.4, 0.5) is 5.69 Å². The maximum absolute atomic E-state index is 13.2. The number of benzene rings is 4. The molecule has 0 bridgehead atoms. The highest BCUT2D eigenvalue weighted by atomic mass is 35.5. The molecule has 0 aliphatic carbocycles. The monoisotopic (exact) mass is 540 g/mol. The third kappa shape index (κ3) is 7.44. The number of ketones is 1. The van der Waals surface area contributed by atoms with Crippen molar-refractivity contribution in [3.63, 3.8) is 0 Å². The first kappa shape index (κ1) is 26.9. The Morgan fingerprint density at radius 3 is 2.13 bits per heavy atom. The highest BCUT2D eigenvalue weighted by molar-refractivity contribution is 8.00. The molecule has 5 nitrogen and oxygen atoms in total. The molecule has 4 aromatic carbocycles. The fourth-order valence-electron chi connectivity index (χ4n) is 3.49. The summed E-state index contributed by atoms with van der Waals surface area (Å²) in [7, 11) is 0. The Balaban J connectivity index is 1.44. The first-order chi connectivity index (χ1) is 18.4. The predicted molar refractivity (Wildman–Crippen MR) is 155 cm³/mol. The van der Waals surface area contributed by atoms with Gasteiger partial charge in [-0.3, -0.25) is 14.4 Å². The molecular weight excluding hydrogens is 516 g/mol. The van der Waals surface area contributed by atoms with Gasteiger partial charge in [0.05, 0.1) is 5.75 Å². The minimum atomic E-state index is -0.496. The molecule has 0 radical (unpaired) electrons. The molecule has 0 heterocycles. The van der Waals surface area contributed by atoms with Crippen LogP contribution in [0.2, 0.25) is 5.02 Å². The summed E-state index contributed by atoms with van der Waals surface area (Å²) < 4.78 is 0. The van der Waals surface area contributed by atoms with E-state index in [0.29, 0.717) is 33.2 Å². The van der Waals surface area contributed by atoms with Crippen molar-refractivity contribution in [3.8, 4) is 0 Å². The molecule has 4 aromatic rings. The summed E-state index contributed by atoms with van der Waals surface area (Å²) in [5.74, 6) is -0.547. The maximum atomic E-state index is 13.2. The highest BCUT2D eigenvalue weighted by Crippen LogP contribution is 2.23. The third-order valence-electron chi connectivity index (χ3n) is 5.59. The fraction of sp³-hybridized carbons (Fsp3) is 0.0645. The normalized spacial score (nSPS) is 11.1. The van der Waals surface area contributed by atoms with Crippen LogP contribution in [-0.4, -0.2) is 23.4 Å². The predicted octanol–water partition coefficient (Wildman–Crippen LogP) is 7.03. The summed E-state index contributed by atoms with van der Waals surface area (Å²) >= 11 is 7.71. The summed E-state index contributed by atoms with van der Waals surface area (Å²) in [6.45, 7) is 1.98. The molecule has 0 atom stereocenters. The number of halogens is 1. The highest BCUT2D eigenvalue weighted by Gasteiger charge is 2.16. The van der Waals surface area contributed by atoms with E-state index < -0.39 is 11.8 Å². The second kappa shape index (κ2) is 12.9. The van der Waals surface area contributed by atoms with Gasteiger partial charge >= 0.3 is 0 Å². The zero-order valence-electron chi connectivity index (χ0n) is 20.6. The van der Waals surface area contributed by atoms with Crippen molar-refractivity contribution in [1.82, 2.24) is 5.32 Å². The molecule has 2 N–H and O–H groups in total. The van der Waals surface area contributed by atoms with Gasteiger partial charge in [-0.05, 0) is 61.0 Å². The Morgan fingerprint density at radius 1 is 0.789 bits per heavy atom. The molecule has 0 aliphatic heterocycles. The van der Waals surface area contributed by atoms with Crippen LogP contribution in [0.5, 0.6) is 0 Å². The second-order valence-corrected chi connectivity index (χ2v) is 9.91. The molecule has 4 rings (SSSR count). The minimum absolute atomic E-state index is 0.0501. The van der Waals surface area contributed by atoms with Gasteiger partial charge in [0.2, 0.25) is 0 Å². The van der Waals surface area contributed by atoms with Gasteiger partial charge in [0, 0.05) is 26.7 Å². The number of Topliss-reactive ketones (excluding diaryl/α,β-unsaturated/α-hetero) is 1. The van der Waals surface area contributed by atoms with E-state index in [2.05, 4.69) is 10.6 Å². The molecule has 38 heavy (non-hydrogen) atoms. The number of thioether (sulfide) groups is 1. The summed E-state index contributed by atoms with van der Waals surface area (Å²) in [5.41, 5.74) is 3.40. The molecule has 0 spiro atoms. The van der Waals surface area contributed by atoms with Gasteiger partial charge in [0.1, 0.15) is 5.70 Å². The minimum Gasteiger partial charge on any atom is -0.321 e. The summed E-state index contributed by atoms with van der Waals surface area (Å²) in [6, 6.07) is 30.4. The van der Waals surface area contributed by atoms with Crippen LogP contribution in [0.15, 0.2) is 114 Å². The van der Waals surface area contributed by atoms with Crippen LogP contribution in [0.3, 0.4) is 0 Å². The molecule has 0 fully saturated rings. The number of hydrogen-bond acceptors (Lipinski definition) is 4. The summed E-state index contributed by atoms with van der Waals surface area (Å²) in [5, 5.41) is 5.97. The van der Waals surface area contributed by atoms with Gasteiger partial charge in [0.15, 0.2) is 5.78 Å². The molecule has 0 aliphatic rings. The average Bonchev–Trinajstić information content (AvgIpc) is 2.94. The van der Waals surface area contributed by atoms with E-state index in [9.17, 15) is 14.4 Å². The smallest absolute Gasteiger partial charge is 0.272 e. The third-order valence-corrected chi connectivity index (χ3v) is 6.95. The van der Waals surface area contributed by atoms with Crippen LogP contribution < -0.4 is 10.6 Å². The van der Waals surface area contributed by atoms with Crippen molar-refractivity contribution in [2.45, 2.75) is 11.8 Å². The van der Waals surface area contributed by atoms with E-state index in [1.165, 1.54) is 11.8 Å². The molecule has 2 amide bonds. The van der Waals surface area contributed by atoms with Crippen molar-refractivity contribution in [2.24, 2.45) is 0 Å².